The molecular weight excluding hydrogens is 454 g/mol. The third-order valence-corrected chi connectivity index (χ3v) is 6.76. The first kappa shape index (κ1) is 22.5. The van der Waals surface area contributed by atoms with Gasteiger partial charge in [-0.1, -0.05) is 25.4 Å². The molecule has 2 amide bonds. The van der Waals surface area contributed by atoms with Gasteiger partial charge >= 0.3 is 6.03 Å². The normalized spacial score (nSPS) is 19.1. The van der Waals surface area contributed by atoms with E-state index in [0.29, 0.717) is 35.0 Å². The molecule has 2 aliphatic rings. The number of likely N-dealkylation sites (N-methyl/N-ethyl adjacent to an activating group) is 1. The average Bonchev–Trinajstić information content (AvgIpc) is 3.28. The highest BCUT2D eigenvalue weighted by Crippen LogP contribution is 2.47. The molecule has 1 aromatic carbocycles. The molecule has 0 spiro atoms. The highest BCUT2D eigenvalue weighted by Gasteiger charge is 2.47. The number of amides is 2. The molecule has 1 saturated carbocycles. The Bertz CT molecular complexity index is 1220. The van der Waals surface area contributed by atoms with Crippen molar-refractivity contribution >= 4 is 29.4 Å². The van der Waals surface area contributed by atoms with Crippen molar-refractivity contribution in [3.8, 4) is 11.4 Å². The summed E-state index contributed by atoms with van der Waals surface area (Å²) in [7, 11) is 3.44. The van der Waals surface area contributed by atoms with Crippen molar-refractivity contribution in [3.63, 3.8) is 0 Å². The molecule has 0 radical (unpaired) electrons. The SMILES string of the molecule is COc1cc(Cl)cc(-n2cnc(C3(Nc4nccc(N5C(=O)N(C)CC5C(C)C)n4)CC3)c2)c1. The molecule has 10 heteroatoms. The van der Waals surface area contributed by atoms with Crippen molar-refractivity contribution in [2.45, 2.75) is 38.3 Å². The first-order valence-corrected chi connectivity index (χ1v) is 11.7. The van der Waals surface area contributed by atoms with Crippen LogP contribution in [0.15, 0.2) is 43.0 Å². The Labute approximate surface area is 203 Å². The molecule has 1 atom stereocenters. The van der Waals surface area contributed by atoms with Crippen LogP contribution in [0.2, 0.25) is 5.02 Å². The highest BCUT2D eigenvalue weighted by molar-refractivity contribution is 6.30. The lowest BCUT2D eigenvalue weighted by Gasteiger charge is -2.25. The van der Waals surface area contributed by atoms with Crippen LogP contribution >= 0.6 is 11.6 Å². The molecule has 3 aromatic rings. The minimum atomic E-state index is -0.338. The van der Waals surface area contributed by atoms with Gasteiger partial charge in [-0.2, -0.15) is 4.98 Å². The van der Waals surface area contributed by atoms with Crippen molar-refractivity contribution < 1.29 is 9.53 Å². The Balaban J connectivity index is 1.39. The quantitative estimate of drug-likeness (QED) is 0.540. The molecule has 1 N–H and O–H groups in total. The predicted molar refractivity (Wildman–Crippen MR) is 131 cm³/mol. The van der Waals surface area contributed by atoms with E-state index in [9.17, 15) is 4.79 Å². The summed E-state index contributed by atoms with van der Waals surface area (Å²) in [5.74, 6) is 2.09. The molecule has 1 aliphatic carbocycles. The molecule has 1 saturated heterocycles. The van der Waals surface area contributed by atoms with Crippen molar-refractivity contribution in [1.82, 2.24) is 24.4 Å². The van der Waals surface area contributed by atoms with Gasteiger partial charge in [-0.3, -0.25) is 4.90 Å². The van der Waals surface area contributed by atoms with E-state index >= 15 is 0 Å². The zero-order valence-electron chi connectivity index (χ0n) is 19.7. The van der Waals surface area contributed by atoms with E-state index in [2.05, 4.69) is 29.1 Å². The summed E-state index contributed by atoms with van der Waals surface area (Å²) in [6.07, 6.45) is 7.28. The number of halogens is 1. The molecular formula is C24H28ClN7O2. The maximum absolute atomic E-state index is 12.8. The monoisotopic (exact) mass is 481 g/mol. The Morgan fingerprint density at radius 2 is 2.03 bits per heavy atom. The first-order chi connectivity index (χ1) is 16.3. The molecule has 178 valence electrons. The lowest BCUT2D eigenvalue weighted by atomic mass is 10.0. The van der Waals surface area contributed by atoms with Crippen LogP contribution in [0.4, 0.5) is 16.6 Å². The van der Waals surface area contributed by atoms with E-state index in [1.165, 1.54) is 0 Å². The Morgan fingerprint density at radius 1 is 1.24 bits per heavy atom. The second-order valence-electron chi connectivity index (χ2n) is 9.31. The van der Waals surface area contributed by atoms with Gasteiger partial charge in [-0.25, -0.2) is 14.8 Å². The van der Waals surface area contributed by atoms with Gasteiger partial charge in [0.15, 0.2) is 0 Å². The van der Waals surface area contributed by atoms with Crippen LogP contribution in [0.1, 0.15) is 32.4 Å². The van der Waals surface area contributed by atoms with Crippen molar-refractivity contribution in [2.24, 2.45) is 5.92 Å². The van der Waals surface area contributed by atoms with Gasteiger partial charge in [0.1, 0.15) is 11.6 Å². The number of urea groups is 1. The van der Waals surface area contributed by atoms with E-state index in [-0.39, 0.29) is 17.6 Å². The maximum atomic E-state index is 12.8. The first-order valence-electron chi connectivity index (χ1n) is 11.3. The number of benzene rings is 1. The largest absolute Gasteiger partial charge is 0.497 e. The molecule has 1 unspecified atom stereocenters. The van der Waals surface area contributed by atoms with Crippen LogP contribution in [0.25, 0.3) is 5.69 Å². The zero-order chi connectivity index (χ0) is 24.0. The summed E-state index contributed by atoms with van der Waals surface area (Å²) < 4.78 is 7.26. The molecule has 3 heterocycles. The Kier molecular flexibility index (Phi) is 5.59. The summed E-state index contributed by atoms with van der Waals surface area (Å²) >= 11 is 6.24. The number of ether oxygens (including phenoxy) is 1. The van der Waals surface area contributed by atoms with Gasteiger partial charge in [0.2, 0.25) is 5.95 Å². The van der Waals surface area contributed by atoms with Crippen LogP contribution in [-0.2, 0) is 5.54 Å². The third kappa shape index (κ3) is 4.04. The Morgan fingerprint density at radius 3 is 2.74 bits per heavy atom. The molecule has 34 heavy (non-hydrogen) atoms. The van der Waals surface area contributed by atoms with Crippen LogP contribution in [0.5, 0.6) is 5.75 Å². The van der Waals surface area contributed by atoms with Crippen LogP contribution in [0.3, 0.4) is 0 Å². The summed E-state index contributed by atoms with van der Waals surface area (Å²) in [5.41, 5.74) is 1.43. The number of nitrogens with one attached hydrogen (secondary N) is 1. The number of rotatable bonds is 7. The van der Waals surface area contributed by atoms with Gasteiger partial charge in [0.05, 0.1) is 36.4 Å². The van der Waals surface area contributed by atoms with Crippen LogP contribution in [0, 0.1) is 5.92 Å². The standard InChI is InChI=1S/C24H28ClN7O2/c1-15(2)19-12-30(3)23(33)32(19)21-5-8-26-22(28-21)29-24(6-7-24)20-13-31(14-27-20)17-9-16(25)10-18(11-17)34-4/h5,8-11,13-15,19H,6-7,12H2,1-4H3,(H,26,28,29). The smallest absolute Gasteiger partial charge is 0.325 e. The van der Waals surface area contributed by atoms with E-state index in [4.69, 9.17) is 21.3 Å². The summed E-state index contributed by atoms with van der Waals surface area (Å²) in [4.78, 5) is 30.1. The maximum Gasteiger partial charge on any atom is 0.325 e. The summed E-state index contributed by atoms with van der Waals surface area (Å²) in [6.45, 7) is 4.92. The minimum absolute atomic E-state index is 0.0415. The fourth-order valence-corrected chi connectivity index (χ4v) is 4.62. The number of anilines is 2. The van der Waals surface area contributed by atoms with Crippen molar-refractivity contribution in [2.75, 3.05) is 30.9 Å². The highest BCUT2D eigenvalue weighted by atomic mass is 35.5. The van der Waals surface area contributed by atoms with Crippen molar-refractivity contribution in [3.05, 3.63) is 53.7 Å². The lowest BCUT2D eigenvalue weighted by Crippen LogP contribution is -2.38. The van der Waals surface area contributed by atoms with E-state index in [1.54, 1.807) is 41.6 Å². The van der Waals surface area contributed by atoms with E-state index in [1.807, 2.05) is 29.9 Å². The number of carbonyl (C=O) groups excluding carboxylic acids is 1. The number of nitrogens with zero attached hydrogens (tertiary/aromatic N) is 6. The predicted octanol–water partition coefficient (Wildman–Crippen LogP) is 4.32. The number of hydrogen-bond donors (Lipinski definition) is 1. The van der Waals surface area contributed by atoms with E-state index in [0.717, 1.165) is 24.2 Å². The second kappa shape index (κ2) is 8.47. The van der Waals surface area contributed by atoms with Gasteiger partial charge in [0.25, 0.3) is 0 Å². The second-order valence-corrected chi connectivity index (χ2v) is 9.74. The topological polar surface area (TPSA) is 88.4 Å². The molecule has 2 aromatic heterocycles. The van der Waals surface area contributed by atoms with Crippen LogP contribution < -0.4 is 15.0 Å². The number of aromatic nitrogens is 4. The van der Waals surface area contributed by atoms with Gasteiger partial charge in [0, 0.05) is 37.1 Å². The van der Waals surface area contributed by atoms with Crippen LogP contribution in [-0.4, -0.2) is 57.2 Å². The zero-order valence-corrected chi connectivity index (χ0v) is 20.5. The van der Waals surface area contributed by atoms with E-state index < -0.39 is 0 Å². The van der Waals surface area contributed by atoms with Gasteiger partial charge < -0.3 is 19.5 Å². The minimum Gasteiger partial charge on any atom is -0.497 e. The number of methoxy groups -OCH3 is 1. The number of imidazole rings is 1. The fourth-order valence-electron chi connectivity index (χ4n) is 4.40. The third-order valence-electron chi connectivity index (χ3n) is 6.55. The van der Waals surface area contributed by atoms with Crippen molar-refractivity contribution in [1.29, 1.82) is 0 Å². The number of carbonyl (C=O) groups is 1. The fraction of sp³-hybridized carbons (Fsp3) is 0.417. The average molecular weight is 482 g/mol. The number of hydrogen-bond acceptors (Lipinski definition) is 6. The molecule has 0 bridgehead atoms. The molecule has 2 fully saturated rings. The van der Waals surface area contributed by atoms with Gasteiger partial charge in [-0.15, -0.1) is 0 Å². The molecule has 1 aliphatic heterocycles. The molecule has 5 rings (SSSR count). The van der Waals surface area contributed by atoms with Gasteiger partial charge in [-0.05, 0) is 37.0 Å². The summed E-state index contributed by atoms with van der Waals surface area (Å²) in [5, 5.41) is 4.07. The Hall–Kier alpha value is -3.33. The summed E-state index contributed by atoms with van der Waals surface area (Å²) in [6, 6.07) is 7.36. The molecule has 9 nitrogen and oxygen atoms in total. The lowest BCUT2D eigenvalue weighted by molar-refractivity contribution is 0.229.